The second-order valence-corrected chi connectivity index (χ2v) is 11.4. The van der Waals surface area contributed by atoms with Crippen LogP contribution in [0.5, 0.6) is 0 Å². The van der Waals surface area contributed by atoms with Gasteiger partial charge in [0.15, 0.2) is 0 Å². The summed E-state index contributed by atoms with van der Waals surface area (Å²) in [4.78, 5) is 28.4. The summed E-state index contributed by atoms with van der Waals surface area (Å²) < 4.78 is 28.6. The van der Waals surface area contributed by atoms with Gasteiger partial charge in [0.25, 0.3) is 10.0 Å². The maximum absolute atomic E-state index is 13.9. The molecule has 0 aliphatic heterocycles. The van der Waals surface area contributed by atoms with Crippen LogP contribution >= 0.6 is 0 Å². The maximum atomic E-state index is 13.9. The first-order valence-corrected chi connectivity index (χ1v) is 14.3. The zero-order valence-electron chi connectivity index (χ0n) is 22.6. The van der Waals surface area contributed by atoms with Crippen LogP contribution in [0.2, 0.25) is 0 Å². The number of aryl methyl sites for hydroxylation is 2. The first-order chi connectivity index (χ1) is 18.1. The highest BCUT2D eigenvalue weighted by atomic mass is 32.2. The Labute approximate surface area is 226 Å². The lowest BCUT2D eigenvalue weighted by atomic mass is 10.1. The molecule has 0 saturated carbocycles. The molecule has 0 bridgehead atoms. The minimum Gasteiger partial charge on any atom is -0.354 e. The number of sulfonamides is 1. The van der Waals surface area contributed by atoms with Gasteiger partial charge in [0.2, 0.25) is 11.8 Å². The first-order valence-electron chi connectivity index (χ1n) is 12.9. The summed E-state index contributed by atoms with van der Waals surface area (Å²) in [6.07, 6.45) is 1.77. The number of anilines is 1. The topological polar surface area (TPSA) is 86.8 Å². The quantitative estimate of drug-likeness (QED) is 0.337. The Kier molecular flexibility index (Phi) is 10.1. The molecular formula is C30H37N3O4S. The predicted octanol–water partition coefficient (Wildman–Crippen LogP) is 4.83. The summed E-state index contributed by atoms with van der Waals surface area (Å²) in [5, 5.41) is 2.90. The van der Waals surface area contributed by atoms with Gasteiger partial charge < -0.3 is 10.2 Å². The SMILES string of the molecule is CCCCNC(=O)[C@@H](C)N(Cc1ccc(C)cc1)C(=O)CN(c1cccc(C)c1)S(=O)(=O)c1ccccc1. The van der Waals surface area contributed by atoms with Crippen LogP contribution in [0.25, 0.3) is 0 Å². The predicted molar refractivity (Wildman–Crippen MR) is 151 cm³/mol. The number of benzene rings is 3. The minimum atomic E-state index is -4.06. The van der Waals surface area contributed by atoms with Gasteiger partial charge in [-0.3, -0.25) is 13.9 Å². The standard InChI is InChI=1S/C30H37N3O4S/c1-5-6-19-31-30(35)25(4)32(21-26-17-15-23(2)16-18-26)29(34)22-33(27-12-10-11-24(3)20-27)38(36,37)28-13-8-7-9-14-28/h7-18,20,25H,5-6,19,21-22H2,1-4H3,(H,31,35)/t25-/m1/s1. The average molecular weight is 536 g/mol. The van der Waals surface area contributed by atoms with E-state index in [0.29, 0.717) is 12.2 Å². The van der Waals surface area contributed by atoms with E-state index >= 15 is 0 Å². The van der Waals surface area contributed by atoms with E-state index in [1.54, 1.807) is 43.3 Å². The number of hydrogen-bond acceptors (Lipinski definition) is 4. The Bertz CT molecular complexity index is 1330. The molecule has 1 atom stereocenters. The highest BCUT2D eigenvalue weighted by molar-refractivity contribution is 7.92. The molecule has 0 heterocycles. The van der Waals surface area contributed by atoms with Gasteiger partial charge in [0.05, 0.1) is 10.6 Å². The molecular weight excluding hydrogens is 498 g/mol. The van der Waals surface area contributed by atoms with Crippen LogP contribution in [0.4, 0.5) is 5.69 Å². The van der Waals surface area contributed by atoms with Crippen LogP contribution in [0.1, 0.15) is 43.4 Å². The van der Waals surface area contributed by atoms with Crippen molar-refractivity contribution in [2.45, 2.75) is 58.0 Å². The van der Waals surface area contributed by atoms with Crippen molar-refractivity contribution in [3.8, 4) is 0 Å². The second kappa shape index (κ2) is 13.2. The monoisotopic (exact) mass is 535 g/mol. The van der Waals surface area contributed by atoms with E-state index in [4.69, 9.17) is 0 Å². The minimum absolute atomic E-state index is 0.0877. The maximum Gasteiger partial charge on any atom is 0.264 e. The highest BCUT2D eigenvalue weighted by Crippen LogP contribution is 2.25. The molecule has 0 aliphatic rings. The van der Waals surface area contributed by atoms with Crippen molar-refractivity contribution in [2.75, 3.05) is 17.4 Å². The van der Waals surface area contributed by atoms with Gasteiger partial charge in [0.1, 0.15) is 12.6 Å². The third kappa shape index (κ3) is 7.44. The van der Waals surface area contributed by atoms with Crippen molar-refractivity contribution in [3.63, 3.8) is 0 Å². The van der Waals surface area contributed by atoms with Crippen LogP contribution in [0.15, 0.2) is 83.8 Å². The van der Waals surface area contributed by atoms with E-state index in [-0.39, 0.29) is 17.3 Å². The summed E-state index contributed by atoms with van der Waals surface area (Å²) in [5.74, 6) is -0.739. The van der Waals surface area contributed by atoms with Gasteiger partial charge in [-0.2, -0.15) is 0 Å². The van der Waals surface area contributed by atoms with Crippen molar-refractivity contribution in [3.05, 3.63) is 95.6 Å². The van der Waals surface area contributed by atoms with E-state index in [2.05, 4.69) is 5.32 Å². The van der Waals surface area contributed by atoms with E-state index < -0.39 is 28.5 Å². The highest BCUT2D eigenvalue weighted by Gasteiger charge is 2.32. The summed E-state index contributed by atoms with van der Waals surface area (Å²) in [5.41, 5.74) is 3.18. The van der Waals surface area contributed by atoms with E-state index in [9.17, 15) is 18.0 Å². The Balaban J connectivity index is 1.98. The largest absolute Gasteiger partial charge is 0.354 e. The Hall–Kier alpha value is -3.65. The van der Waals surface area contributed by atoms with Gasteiger partial charge in [-0.1, -0.05) is 73.5 Å². The molecule has 8 heteroatoms. The van der Waals surface area contributed by atoms with Crippen molar-refractivity contribution in [1.29, 1.82) is 0 Å². The summed E-state index contributed by atoms with van der Waals surface area (Å²) in [6.45, 7) is 7.80. The van der Waals surface area contributed by atoms with Crippen LogP contribution in [-0.2, 0) is 26.2 Å². The summed E-state index contributed by atoms with van der Waals surface area (Å²) >= 11 is 0. The van der Waals surface area contributed by atoms with Crippen LogP contribution in [0, 0.1) is 13.8 Å². The molecule has 202 valence electrons. The molecule has 0 aromatic heterocycles. The molecule has 3 aromatic carbocycles. The normalized spacial score (nSPS) is 12.0. The molecule has 2 amide bonds. The molecule has 0 spiro atoms. The number of rotatable bonds is 12. The second-order valence-electron chi connectivity index (χ2n) is 9.49. The number of nitrogens with zero attached hydrogens (tertiary/aromatic N) is 2. The van der Waals surface area contributed by atoms with Gasteiger partial charge in [-0.05, 0) is 62.6 Å². The molecule has 3 rings (SSSR count). The summed E-state index contributed by atoms with van der Waals surface area (Å²) in [6, 6.07) is 22.0. The zero-order valence-corrected chi connectivity index (χ0v) is 23.4. The average Bonchev–Trinajstić information content (AvgIpc) is 2.91. The molecule has 0 aliphatic carbocycles. The Morgan fingerprint density at radius 2 is 1.58 bits per heavy atom. The lowest BCUT2D eigenvalue weighted by Gasteiger charge is -2.32. The van der Waals surface area contributed by atoms with Crippen molar-refractivity contribution < 1.29 is 18.0 Å². The number of unbranched alkanes of at least 4 members (excludes halogenated alkanes) is 1. The fourth-order valence-electron chi connectivity index (χ4n) is 4.04. The zero-order chi connectivity index (χ0) is 27.7. The molecule has 0 unspecified atom stereocenters. The molecule has 0 radical (unpaired) electrons. The summed E-state index contributed by atoms with van der Waals surface area (Å²) in [7, 11) is -4.06. The number of hydrogen-bond donors (Lipinski definition) is 1. The molecule has 7 nitrogen and oxygen atoms in total. The van der Waals surface area contributed by atoms with Crippen LogP contribution in [0.3, 0.4) is 0 Å². The molecule has 3 aromatic rings. The third-order valence-electron chi connectivity index (χ3n) is 6.37. The smallest absolute Gasteiger partial charge is 0.264 e. The van der Waals surface area contributed by atoms with E-state index in [0.717, 1.165) is 33.8 Å². The van der Waals surface area contributed by atoms with E-state index in [1.165, 1.54) is 17.0 Å². The van der Waals surface area contributed by atoms with Crippen LogP contribution < -0.4 is 9.62 Å². The lowest BCUT2D eigenvalue weighted by molar-refractivity contribution is -0.139. The van der Waals surface area contributed by atoms with Crippen LogP contribution in [-0.4, -0.2) is 44.3 Å². The van der Waals surface area contributed by atoms with E-state index in [1.807, 2.05) is 51.1 Å². The van der Waals surface area contributed by atoms with Gasteiger partial charge >= 0.3 is 0 Å². The van der Waals surface area contributed by atoms with Crippen molar-refractivity contribution in [1.82, 2.24) is 10.2 Å². The third-order valence-corrected chi connectivity index (χ3v) is 8.16. The fraction of sp³-hybridized carbons (Fsp3) is 0.333. The molecule has 1 N–H and O–H groups in total. The lowest BCUT2D eigenvalue weighted by Crippen LogP contribution is -2.51. The Morgan fingerprint density at radius 3 is 2.21 bits per heavy atom. The fourth-order valence-corrected chi connectivity index (χ4v) is 5.47. The van der Waals surface area contributed by atoms with Gasteiger partial charge in [-0.25, -0.2) is 8.42 Å². The first kappa shape index (κ1) is 28.9. The Morgan fingerprint density at radius 1 is 0.895 bits per heavy atom. The molecule has 0 fully saturated rings. The number of nitrogens with one attached hydrogen (secondary N) is 1. The van der Waals surface area contributed by atoms with Gasteiger partial charge in [-0.15, -0.1) is 0 Å². The molecule has 0 saturated heterocycles. The van der Waals surface area contributed by atoms with Crippen molar-refractivity contribution in [2.24, 2.45) is 0 Å². The number of carbonyl (C=O) groups is 2. The van der Waals surface area contributed by atoms with Gasteiger partial charge in [0, 0.05) is 13.1 Å². The molecule has 38 heavy (non-hydrogen) atoms. The number of amides is 2. The number of carbonyl (C=O) groups excluding carboxylic acids is 2. The van der Waals surface area contributed by atoms with Crippen molar-refractivity contribution >= 4 is 27.5 Å².